The Kier molecular flexibility index (Phi) is 3.43. The number of hydrogen-bond donors (Lipinski definition) is 1. The Bertz CT molecular complexity index is 509. The molecule has 17 heavy (non-hydrogen) atoms. The first-order valence-electron chi connectivity index (χ1n) is 5.13. The minimum Gasteiger partial charge on any atom is -0.384 e. The Balaban J connectivity index is 2.30. The third-order valence-corrected chi connectivity index (χ3v) is 3.11. The van der Waals surface area contributed by atoms with Crippen molar-refractivity contribution >= 4 is 23.2 Å². The molecule has 0 aliphatic carbocycles. The van der Waals surface area contributed by atoms with Crippen LogP contribution in [-0.4, -0.2) is 14.7 Å². The summed E-state index contributed by atoms with van der Waals surface area (Å²) in [6, 6.07) is 5.08. The van der Waals surface area contributed by atoms with Gasteiger partial charge in [-0.15, -0.1) is 0 Å². The smallest absolute Gasteiger partial charge is 0.106 e. The Morgan fingerprint density at radius 2 is 2.18 bits per heavy atom. The molecule has 1 N–H and O–H groups in total. The van der Waals surface area contributed by atoms with Gasteiger partial charge in [0.2, 0.25) is 0 Å². The molecule has 90 valence electrons. The third kappa shape index (κ3) is 2.80. The van der Waals surface area contributed by atoms with Crippen LogP contribution < -0.4 is 0 Å². The fraction of sp³-hybridized carbons (Fsp3) is 0.250. The first-order chi connectivity index (χ1) is 7.99. The number of nitrogens with zero attached hydrogens (tertiary/aromatic N) is 2. The first-order valence-corrected chi connectivity index (χ1v) is 5.88. The van der Waals surface area contributed by atoms with Crippen molar-refractivity contribution in [3.05, 3.63) is 52.5 Å². The van der Waals surface area contributed by atoms with Gasteiger partial charge in [-0.3, -0.25) is 0 Å². The van der Waals surface area contributed by atoms with Crippen LogP contribution in [0.25, 0.3) is 0 Å². The summed E-state index contributed by atoms with van der Waals surface area (Å²) in [6.07, 6.45) is 5.11. The molecular weight excluding hydrogens is 259 g/mol. The number of aromatic nitrogens is 2. The normalized spacial score (nSPS) is 14.6. The number of rotatable bonds is 3. The minimum atomic E-state index is -1.07. The van der Waals surface area contributed by atoms with Crippen LogP contribution >= 0.6 is 23.2 Å². The summed E-state index contributed by atoms with van der Waals surface area (Å²) in [6.45, 7) is 2.09. The van der Waals surface area contributed by atoms with Crippen molar-refractivity contribution in [3.63, 3.8) is 0 Å². The summed E-state index contributed by atoms with van der Waals surface area (Å²) in [4.78, 5) is 3.93. The van der Waals surface area contributed by atoms with Crippen LogP contribution in [0.3, 0.4) is 0 Å². The lowest BCUT2D eigenvalue weighted by Crippen LogP contribution is -2.27. The van der Waals surface area contributed by atoms with Gasteiger partial charge in [0.1, 0.15) is 5.60 Å². The van der Waals surface area contributed by atoms with Crippen molar-refractivity contribution < 1.29 is 5.11 Å². The average molecular weight is 271 g/mol. The van der Waals surface area contributed by atoms with E-state index in [9.17, 15) is 5.11 Å². The Morgan fingerprint density at radius 3 is 2.76 bits per heavy atom. The second kappa shape index (κ2) is 4.69. The zero-order valence-corrected chi connectivity index (χ0v) is 10.8. The zero-order chi connectivity index (χ0) is 12.5. The van der Waals surface area contributed by atoms with Gasteiger partial charge >= 0.3 is 0 Å². The van der Waals surface area contributed by atoms with Crippen LogP contribution in [-0.2, 0) is 12.1 Å². The molecule has 1 atom stereocenters. The van der Waals surface area contributed by atoms with E-state index in [0.29, 0.717) is 22.2 Å². The highest BCUT2D eigenvalue weighted by atomic mass is 35.5. The van der Waals surface area contributed by atoms with E-state index in [1.807, 2.05) is 0 Å². The molecule has 3 nitrogen and oxygen atoms in total. The van der Waals surface area contributed by atoms with E-state index in [0.717, 1.165) is 0 Å². The summed E-state index contributed by atoms with van der Waals surface area (Å²) < 4.78 is 1.80. The van der Waals surface area contributed by atoms with Crippen LogP contribution in [0.4, 0.5) is 0 Å². The molecule has 5 heteroatoms. The van der Waals surface area contributed by atoms with Gasteiger partial charge in [0.05, 0.1) is 12.9 Å². The highest BCUT2D eigenvalue weighted by Gasteiger charge is 2.26. The second-order valence-corrected chi connectivity index (χ2v) is 4.98. The molecule has 0 spiro atoms. The highest BCUT2D eigenvalue weighted by molar-refractivity contribution is 6.35. The number of hydrogen-bond acceptors (Lipinski definition) is 2. The highest BCUT2D eigenvalue weighted by Crippen LogP contribution is 2.31. The maximum Gasteiger partial charge on any atom is 0.106 e. The summed E-state index contributed by atoms with van der Waals surface area (Å²) in [7, 11) is 0. The quantitative estimate of drug-likeness (QED) is 0.931. The van der Waals surface area contributed by atoms with E-state index >= 15 is 0 Å². The molecule has 0 radical (unpaired) electrons. The van der Waals surface area contributed by atoms with E-state index in [1.165, 1.54) is 0 Å². The number of imidazole rings is 1. The van der Waals surface area contributed by atoms with Crippen molar-refractivity contribution in [1.82, 2.24) is 9.55 Å². The van der Waals surface area contributed by atoms with Crippen molar-refractivity contribution in [2.75, 3.05) is 0 Å². The fourth-order valence-corrected chi connectivity index (χ4v) is 2.36. The van der Waals surface area contributed by atoms with Gasteiger partial charge in [0, 0.05) is 28.0 Å². The lowest BCUT2D eigenvalue weighted by molar-refractivity contribution is 0.0383. The lowest BCUT2D eigenvalue weighted by atomic mass is 9.96. The van der Waals surface area contributed by atoms with Crippen LogP contribution in [0, 0.1) is 0 Å². The van der Waals surface area contributed by atoms with Gasteiger partial charge in [-0.1, -0.05) is 29.3 Å². The van der Waals surface area contributed by atoms with E-state index in [4.69, 9.17) is 23.2 Å². The van der Waals surface area contributed by atoms with Crippen molar-refractivity contribution in [1.29, 1.82) is 0 Å². The molecule has 0 saturated heterocycles. The van der Waals surface area contributed by atoms with E-state index in [-0.39, 0.29) is 0 Å². The summed E-state index contributed by atoms with van der Waals surface area (Å²) >= 11 is 11.9. The first kappa shape index (κ1) is 12.4. The van der Waals surface area contributed by atoms with Crippen LogP contribution in [0.1, 0.15) is 12.5 Å². The number of aliphatic hydroxyl groups is 1. The van der Waals surface area contributed by atoms with Crippen LogP contribution in [0.5, 0.6) is 0 Å². The van der Waals surface area contributed by atoms with E-state index in [1.54, 1.807) is 48.4 Å². The predicted octanol–water partition coefficient (Wildman–Crippen LogP) is 3.10. The Hall–Kier alpha value is -1.03. The van der Waals surface area contributed by atoms with Crippen LogP contribution in [0.15, 0.2) is 36.9 Å². The predicted molar refractivity (Wildman–Crippen MR) is 68.3 cm³/mol. The molecule has 0 amide bonds. The largest absolute Gasteiger partial charge is 0.384 e. The SMILES string of the molecule is CC(O)(Cn1ccnc1)c1ccc(Cl)cc1Cl. The molecule has 1 aromatic carbocycles. The Morgan fingerprint density at radius 1 is 1.41 bits per heavy atom. The average Bonchev–Trinajstić information content (AvgIpc) is 2.68. The molecule has 2 rings (SSSR count). The zero-order valence-electron chi connectivity index (χ0n) is 9.27. The molecule has 0 saturated carbocycles. The molecule has 1 heterocycles. The topological polar surface area (TPSA) is 38.0 Å². The third-order valence-electron chi connectivity index (χ3n) is 2.56. The van der Waals surface area contributed by atoms with Gasteiger partial charge in [0.25, 0.3) is 0 Å². The van der Waals surface area contributed by atoms with Gasteiger partial charge in [-0.25, -0.2) is 4.98 Å². The minimum absolute atomic E-state index is 0.383. The molecule has 1 aromatic heterocycles. The molecule has 1 unspecified atom stereocenters. The second-order valence-electron chi connectivity index (χ2n) is 4.13. The van der Waals surface area contributed by atoms with Gasteiger partial charge < -0.3 is 9.67 Å². The lowest BCUT2D eigenvalue weighted by Gasteiger charge is -2.25. The molecule has 0 aliphatic rings. The maximum atomic E-state index is 10.5. The summed E-state index contributed by atoms with van der Waals surface area (Å²) in [5, 5.41) is 11.5. The monoisotopic (exact) mass is 270 g/mol. The molecule has 0 bridgehead atoms. The van der Waals surface area contributed by atoms with E-state index in [2.05, 4.69) is 4.98 Å². The van der Waals surface area contributed by atoms with Gasteiger partial charge in [-0.2, -0.15) is 0 Å². The van der Waals surface area contributed by atoms with Gasteiger partial charge in [-0.05, 0) is 19.1 Å². The number of benzene rings is 1. The standard InChI is InChI=1S/C12H12Cl2N2O/c1-12(17,7-16-5-4-15-8-16)10-3-2-9(13)6-11(10)14/h2-6,8,17H,7H2,1H3. The fourth-order valence-electron chi connectivity index (χ4n) is 1.75. The molecule has 0 fully saturated rings. The van der Waals surface area contributed by atoms with E-state index < -0.39 is 5.60 Å². The maximum absolute atomic E-state index is 10.5. The summed E-state index contributed by atoms with van der Waals surface area (Å²) in [5.74, 6) is 0. The number of halogens is 2. The van der Waals surface area contributed by atoms with Crippen molar-refractivity contribution in [2.24, 2.45) is 0 Å². The Labute approximate surface area is 110 Å². The molecular formula is C12H12Cl2N2O. The van der Waals surface area contributed by atoms with Crippen molar-refractivity contribution in [2.45, 2.75) is 19.1 Å². The molecule has 0 aliphatic heterocycles. The van der Waals surface area contributed by atoms with Crippen LogP contribution in [0.2, 0.25) is 10.0 Å². The van der Waals surface area contributed by atoms with Crippen molar-refractivity contribution in [3.8, 4) is 0 Å². The molecule has 2 aromatic rings. The van der Waals surface area contributed by atoms with Gasteiger partial charge in [0.15, 0.2) is 0 Å². The summed E-state index contributed by atoms with van der Waals surface area (Å²) in [5.41, 5.74) is -0.417.